The van der Waals surface area contributed by atoms with Crippen molar-refractivity contribution in [3.63, 3.8) is 0 Å². The molecule has 0 aliphatic heterocycles. The highest BCUT2D eigenvalue weighted by atomic mass is 16.5. The van der Waals surface area contributed by atoms with Gasteiger partial charge in [0.25, 0.3) is 0 Å². The molecule has 7 nitrogen and oxygen atoms in total. The van der Waals surface area contributed by atoms with E-state index in [4.69, 9.17) is 14.6 Å². The van der Waals surface area contributed by atoms with Gasteiger partial charge >= 0.3 is 5.97 Å². The number of aliphatic carboxylic acids is 1. The summed E-state index contributed by atoms with van der Waals surface area (Å²) < 4.78 is 9.96. The first-order valence-electron chi connectivity index (χ1n) is 5.44. The Morgan fingerprint density at radius 1 is 1.28 bits per heavy atom. The van der Waals surface area contributed by atoms with Crippen molar-refractivity contribution in [2.24, 2.45) is 5.92 Å². The van der Waals surface area contributed by atoms with Gasteiger partial charge < -0.3 is 19.9 Å². The fourth-order valence-corrected chi connectivity index (χ4v) is 1.33. The van der Waals surface area contributed by atoms with Crippen molar-refractivity contribution in [3.8, 4) is 11.8 Å². The van der Waals surface area contributed by atoms with E-state index in [9.17, 15) is 4.79 Å². The molecule has 0 saturated carbocycles. The zero-order valence-electron chi connectivity index (χ0n) is 10.8. The lowest BCUT2D eigenvalue weighted by Gasteiger charge is -2.18. The van der Waals surface area contributed by atoms with E-state index in [1.165, 1.54) is 20.3 Å². The minimum Gasteiger partial charge on any atom is -0.481 e. The minimum atomic E-state index is -0.963. The van der Waals surface area contributed by atoms with E-state index < -0.39 is 12.0 Å². The third-order valence-corrected chi connectivity index (χ3v) is 2.31. The number of methoxy groups -OCH3 is 2. The Morgan fingerprint density at radius 2 is 1.78 bits per heavy atom. The average molecular weight is 255 g/mol. The van der Waals surface area contributed by atoms with Crippen LogP contribution in [0.15, 0.2) is 6.07 Å². The van der Waals surface area contributed by atoms with Gasteiger partial charge in [-0.1, -0.05) is 13.8 Å². The summed E-state index contributed by atoms with van der Waals surface area (Å²) in [6.45, 7) is 3.59. The minimum absolute atomic E-state index is 0.108. The summed E-state index contributed by atoms with van der Waals surface area (Å²) >= 11 is 0. The van der Waals surface area contributed by atoms with E-state index in [0.29, 0.717) is 11.8 Å². The molecule has 18 heavy (non-hydrogen) atoms. The monoisotopic (exact) mass is 255 g/mol. The van der Waals surface area contributed by atoms with E-state index in [-0.39, 0.29) is 11.9 Å². The summed E-state index contributed by atoms with van der Waals surface area (Å²) in [5.41, 5.74) is 0. The fourth-order valence-electron chi connectivity index (χ4n) is 1.33. The molecule has 100 valence electrons. The predicted octanol–water partition coefficient (Wildman–Crippen LogP) is 1.01. The van der Waals surface area contributed by atoms with Crippen molar-refractivity contribution < 1.29 is 19.4 Å². The molecule has 0 aliphatic carbocycles. The SMILES string of the molecule is COc1cc(OC)nc(NC(C(=O)O)C(C)C)n1. The molecule has 2 N–H and O–H groups in total. The molecule has 1 rings (SSSR count). The Labute approximate surface area is 105 Å². The largest absolute Gasteiger partial charge is 0.481 e. The molecule has 1 atom stereocenters. The van der Waals surface area contributed by atoms with Gasteiger partial charge in [0, 0.05) is 0 Å². The quantitative estimate of drug-likeness (QED) is 0.783. The molecule has 0 aromatic carbocycles. The molecule has 0 amide bonds. The van der Waals surface area contributed by atoms with Gasteiger partial charge in [0.15, 0.2) is 0 Å². The van der Waals surface area contributed by atoms with Gasteiger partial charge in [-0.15, -0.1) is 0 Å². The number of nitrogens with one attached hydrogen (secondary N) is 1. The number of anilines is 1. The molecule has 0 radical (unpaired) electrons. The maximum absolute atomic E-state index is 11.1. The number of ether oxygens (including phenoxy) is 2. The summed E-state index contributed by atoms with van der Waals surface area (Å²) in [6.07, 6.45) is 0. The van der Waals surface area contributed by atoms with Crippen LogP contribution in [-0.4, -0.2) is 41.3 Å². The van der Waals surface area contributed by atoms with E-state index in [1.54, 1.807) is 13.8 Å². The number of rotatable bonds is 6. The van der Waals surface area contributed by atoms with E-state index in [2.05, 4.69) is 15.3 Å². The number of carbonyl (C=O) groups is 1. The van der Waals surface area contributed by atoms with E-state index >= 15 is 0 Å². The fraction of sp³-hybridized carbons (Fsp3) is 0.545. The Morgan fingerprint density at radius 3 is 2.11 bits per heavy atom. The van der Waals surface area contributed by atoms with Crippen molar-refractivity contribution in [2.45, 2.75) is 19.9 Å². The van der Waals surface area contributed by atoms with Gasteiger partial charge in [-0.3, -0.25) is 0 Å². The smallest absolute Gasteiger partial charge is 0.326 e. The van der Waals surface area contributed by atoms with Crippen LogP contribution in [0.2, 0.25) is 0 Å². The Bertz CT molecular complexity index is 400. The molecule has 0 aliphatic rings. The second-order valence-electron chi connectivity index (χ2n) is 3.98. The van der Waals surface area contributed by atoms with Gasteiger partial charge in [-0.25, -0.2) is 4.79 Å². The van der Waals surface area contributed by atoms with Crippen molar-refractivity contribution >= 4 is 11.9 Å². The van der Waals surface area contributed by atoms with Crippen molar-refractivity contribution in [3.05, 3.63) is 6.07 Å². The normalized spacial score (nSPS) is 12.1. The van der Waals surface area contributed by atoms with Crippen molar-refractivity contribution in [1.29, 1.82) is 0 Å². The highest BCUT2D eigenvalue weighted by Crippen LogP contribution is 2.18. The zero-order valence-corrected chi connectivity index (χ0v) is 10.8. The molecule has 0 spiro atoms. The zero-order chi connectivity index (χ0) is 13.7. The Balaban J connectivity index is 2.98. The maximum atomic E-state index is 11.1. The molecule has 0 saturated heterocycles. The molecular weight excluding hydrogens is 238 g/mol. The van der Waals surface area contributed by atoms with Gasteiger partial charge in [0.2, 0.25) is 17.7 Å². The molecule has 1 aromatic heterocycles. The van der Waals surface area contributed by atoms with E-state index in [1.807, 2.05) is 0 Å². The Kier molecular flexibility index (Phi) is 4.70. The maximum Gasteiger partial charge on any atom is 0.326 e. The number of carboxylic acid groups (broad SMARTS) is 1. The summed E-state index contributed by atoms with van der Waals surface area (Å²) in [5, 5.41) is 11.8. The van der Waals surface area contributed by atoms with Crippen LogP contribution in [0.3, 0.4) is 0 Å². The van der Waals surface area contributed by atoms with Gasteiger partial charge in [0.1, 0.15) is 6.04 Å². The van der Waals surface area contributed by atoms with E-state index in [0.717, 1.165) is 0 Å². The van der Waals surface area contributed by atoms with Crippen LogP contribution in [0.5, 0.6) is 11.8 Å². The van der Waals surface area contributed by atoms with Crippen molar-refractivity contribution in [1.82, 2.24) is 9.97 Å². The second-order valence-corrected chi connectivity index (χ2v) is 3.98. The third kappa shape index (κ3) is 3.47. The Hall–Kier alpha value is -2.05. The third-order valence-electron chi connectivity index (χ3n) is 2.31. The first kappa shape index (κ1) is 14.0. The van der Waals surface area contributed by atoms with Gasteiger partial charge in [-0.2, -0.15) is 9.97 Å². The van der Waals surface area contributed by atoms with Gasteiger partial charge in [-0.05, 0) is 5.92 Å². The molecule has 0 bridgehead atoms. The standard InChI is InChI=1S/C11H17N3O4/c1-6(2)9(10(15)16)14-11-12-7(17-3)5-8(13-11)18-4/h5-6,9H,1-4H3,(H,15,16)(H,12,13,14). The summed E-state index contributed by atoms with van der Waals surface area (Å²) in [4.78, 5) is 19.1. The molecule has 7 heteroatoms. The highest BCUT2D eigenvalue weighted by Gasteiger charge is 2.22. The van der Waals surface area contributed by atoms with Crippen LogP contribution >= 0.6 is 0 Å². The lowest BCUT2D eigenvalue weighted by molar-refractivity contribution is -0.138. The number of aromatic nitrogens is 2. The van der Waals surface area contributed by atoms with Crippen molar-refractivity contribution in [2.75, 3.05) is 19.5 Å². The van der Waals surface area contributed by atoms with Crippen LogP contribution in [0.25, 0.3) is 0 Å². The number of hydrogen-bond donors (Lipinski definition) is 2. The number of hydrogen-bond acceptors (Lipinski definition) is 6. The second kappa shape index (κ2) is 6.04. The lowest BCUT2D eigenvalue weighted by atomic mass is 10.1. The molecule has 1 unspecified atom stereocenters. The number of carboxylic acids is 1. The average Bonchev–Trinajstić information content (AvgIpc) is 2.34. The number of nitrogens with zero attached hydrogens (tertiary/aromatic N) is 2. The van der Waals surface area contributed by atoms with Crippen LogP contribution in [-0.2, 0) is 4.79 Å². The van der Waals surface area contributed by atoms with Gasteiger partial charge in [0.05, 0.1) is 20.3 Å². The molecular formula is C11H17N3O4. The summed E-state index contributed by atoms with van der Waals surface area (Å²) in [7, 11) is 2.92. The van der Waals surface area contributed by atoms with Crippen LogP contribution in [0.1, 0.15) is 13.8 Å². The lowest BCUT2D eigenvalue weighted by Crippen LogP contribution is -2.35. The summed E-state index contributed by atoms with van der Waals surface area (Å²) in [5.74, 6) is -0.305. The highest BCUT2D eigenvalue weighted by molar-refractivity contribution is 5.76. The molecule has 1 heterocycles. The van der Waals surface area contributed by atoms with Crippen LogP contribution in [0, 0.1) is 5.92 Å². The topological polar surface area (TPSA) is 93.6 Å². The summed E-state index contributed by atoms with van der Waals surface area (Å²) in [6, 6.07) is 0.734. The molecule has 1 aromatic rings. The molecule has 0 fully saturated rings. The first-order valence-corrected chi connectivity index (χ1v) is 5.44. The van der Waals surface area contributed by atoms with Crippen LogP contribution in [0.4, 0.5) is 5.95 Å². The van der Waals surface area contributed by atoms with Crippen LogP contribution < -0.4 is 14.8 Å². The first-order chi connectivity index (χ1) is 8.47. The predicted molar refractivity (Wildman–Crippen MR) is 65.0 cm³/mol.